The molecule has 0 radical (unpaired) electrons. The molecule has 1 aliphatic heterocycles. The largest absolute Gasteiger partial charge is 0.490 e. The lowest BCUT2D eigenvalue weighted by Gasteiger charge is -2.44. The molecule has 2 aromatic carbocycles. The highest BCUT2D eigenvalue weighted by atomic mass is 35.5. The molecule has 0 atom stereocenters. The first-order chi connectivity index (χ1) is 10.7. The van der Waals surface area contributed by atoms with E-state index in [4.69, 9.17) is 4.74 Å². The minimum absolute atomic E-state index is 0. The fraction of sp³-hybridized carbons (Fsp3) is 0.368. The summed E-state index contributed by atoms with van der Waals surface area (Å²) in [5.41, 5.74) is 1.97. The van der Waals surface area contributed by atoms with Crippen LogP contribution in [0.3, 0.4) is 0 Å². The summed E-state index contributed by atoms with van der Waals surface area (Å²) in [6, 6.07) is 14.8. The van der Waals surface area contributed by atoms with Gasteiger partial charge in [0, 0.05) is 18.2 Å². The van der Waals surface area contributed by atoms with Crippen molar-refractivity contribution in [1.82, 2.24) is 5.32 Å². The Labute approximate surface area is 142 Å². The van der Waals surface area contributed by atoms with E-state index in [9.17, 15) is 4.39 Å². The molecule has 2 fully saturated rings. The number of nitrogens with one attached hydrogen (secondary N) is 1. The zero-order chi connectivity index (χ0) is 15.0. The van der Waals surface area contributed by atoms with Crippen molar-refractivity contribution in [3.05, 3.63) is 54.3 Å². The summed E-state index contributed by atoms with van der Waals surface area (Å²) >= 11 is 0. The van der Waals surface area contributed by atoms with E-state index >= 15 is 0 Å². The number of ether oxygens (including phenoxy) is 1. The zero-order valence-electron chi connectivity index (χ0n) is 12.9. The van der Waals surface area contributed by atoms with Crippen molar-refractivity contribution < 1.29 is 9.13 Å². The number of benzene rings is 2. The predicted octanol–water partition coefficient (Wildman–Crippen LogP) is 4.44. The van der Waals surface area contributed by atoms with Crippen LogP contribution < -0.4 is 10.1 Å². The molecule has 4 rings (SSSR count). The highest BCUT2D eigenvalue weighted by Crippen LogP contribution is 2.47. The SMILES string of the molecule is Cl.Fc1cc(OC2CC3(CCNC3)C2)ccc1-c1ccccc1. The summed E-state index contributed by atoms with van der Waals surface area (Å²) < 4.78 is 20.3. The maximum Gasteiger partial charge on any atom is 0.134 e. The molecule has 0 bridgehead atoms. The third-order valence-corrected chi connectivity index (χ3v) is 4.98. The molecule has 23 heavy (non-hydrogen) atoms. The van der Waals surface area contributed by atoms with Crippen LogP contribution in [-0.4, -0.2) is 19.2 Å². The Bertz CT molecular complexity index is 662. The second-order valence-corrected chi connectivity index (χ2v) is 6.58. The lowest BCUT2D eigenvalue weighted by Crippen LogP contribution is -2.45. The van der Waals surface area contributed by atoms with Crippen LogP contribution in [0.2, 0.25) is 0 Å². The molecular formula is C19H21ClFNO. The molecule has 0 unspecified atom stereocenters. The van der Waals surface area contributed by atoms with E-state index in [0.29, 0.717) is 16.7 Å². The summed E-state index contributed by atoms with van der Waals surface area (Å²) in [6.45, 7) is 2.22. The van der Waals surface area contributed by atoms with Crippen molar-refractivity contribution in [2.75, 3.05) is 13.1 Å². The molecule has 122 valence electrons. The van der Waals surface area contributed by atoms with Gasteiger partial charge in [0.25, 0.3) is 0 Å². The van der Waals surface area contributed by atoms with E-state index in [2.05, 4.69) is 5.32 Å². The summed E-state index contributed by atoms with van der Waals surface area (Å²) in [4.78, 5) is 0. The molecule has 1 spiro atoms. The highest BCUT2D eigenvalue weighted by Gasteiger charge is 2.47. The molecule has 2 nitrogen and oxygen atoms in total. The second kappa shape index (κ2) is 6.50. The van der Waals surface area contributed by atoms with Gasteiger partial charge in [0.2, 0.25) is 0 Å². The molecule has 1 N–H and O–H groups in total. The van der Waals surface area contributed by atoms with Crippen molar-refractivity contribution in [1.29, 1.82) is 0 Å². The van der Waals surface area contributed by atoms with E-state index in [1.165, 1.54) is 12.5 Å². The average Bonchev–Trinajstić information content (AvgIpc) is 2.98. The third kappa shape index (κ3) is 3.22. The van der Waals surface area contributed by atoms with Crippen molar-refractivity contribution >= 4 is 12.4 Å². The van der Waals surface area contributed by atoms with Gasteiger partial charge in [-0.2, -0.15) is 0 Å². The molecule has 1 saturated carbocycles. The Morgan fingerprint density at radius 2 is 1.87 bits per heavy atom. The number of hydrogen-bond donors (Lipinski definition) is 1. The molecule has 1 aliphatic carbocycles. The minimum Gasteiger partial charge on any atom is -0.490 e. The van der Waals surface area contributed by atoms with Gasteiger partial charge in [0.1, 0.15) is 11.6 Å². The Morgan fingerprint density at radius 1 is 1.09 bits per heavy atom. The first-order valence-corrected chi connectivity index (χ1v) is 7.97. The van der Waals surface area contributed by atoms with Crippen molar-refractivity contribution in [3.63, 3.8) is 0 Å². The van der Waals surface area contributed by atoms with Crippen LogP contribution in [-0.2, 0) is 0 Å². The molecule has 0 aromatic heterocycles. The Morgan fingerprint density at radius 3 is 2.52 bits per heavy atom. The van der Waals surface area contributed by atoms with Gasteiger partial charge in [-0.05, 0) is 48.9 Å². The first-order valence-electron chi connectivity index (χ1n) is 7.97. The highest BCUT2D eigenvalue weighted by molar-refractivity contribution is 5.85. The van der Waals surface area contributed by atoms with Gasteiger partial charge >= 0.3 is 0 Å². The molecular weight excluding hydrogens is 313 g/mol. The van der Waals surface area contributed by atoms with Gasteiger partial charge < -0.3 is 10.1 Å². The van der Waals surface area contributed by atoms with E-state index in [1.807, 2.05) is 42.5 Å². The standard InChI is InChI=1S/C19H20FNO.ClH/c20-18-10-15(6-7-17(18)14-4-2-1-3-5-14)22-16-11-19(12-16)8-9-21-13-19;/h1-7,10,16,21H,8-9,11-13H2;1H. The van der Waals surface area contributed by atoms with Gasteiger partial charge in [0.05, 0.1) is 6.10 Å². The van der Waals surface area contributed by atoms with Gasteiger partial charge in [-0.15, -0.1) is 12.4 Å². The van der Waals surface area contributed by atoms with Crippen molar-refractivity contribution in [3.8, 4) is 16.9 Å². The molecule has 4 heteroatoms. The van der Waals surface area contributed by atoms with Crippen LogP contribution >= 0.6 is 12.4 Å². The minimum atomic E-state index is -0.222. The number of halogens is 2. The second-order valence-electron chi connectivity index (χ2n) is 6.58. The Kier molecular flexibility index (Phi) is 4.60. The number of rotatable bonds is 3. The fourth-order valence-electron chi connectivity index (χ4n) is 3.75. The predicted molar refractivity (Wildman–Crippen MR) is 92.7 cm³/mol. The van der Waals surface area contributed by atoms with Crippen LogP contribution in [0.4, 0.5) is 4.39 Å². The van der Waals surface area contributed by atoms with E-state index in [0.717, 1.165) is 31.5 Å². The monoisotopic (exact) mass is 333 g/mol. The summed E-state index contributed by atoms with van der Waals surface area (Å²) in [6.07, 6.45) is 3.65. The van der Waals surface area contributed by atoms with Gasteiger partial charge in [0.15, 0.2) is 0 Å². The van der Waals surface area contributed by atoms with E-state index in [1.54, 1.807) is 0 Å². The summed E-state index contributed by atoms with van der Waals surface area (Å²) in [7, 11) is 0. The lowest BCUT2D eigenvalue weighted by molar-refractivity contribution is -0.00132. The molecule has 2 aromatic rings. The smallest absolute Gasteiger partial charge is 0.134 e. The van der Waals surface area contributed by atoms with Crippen LogP contribution in [0.25, 0.3) is 11.1 Å². The van der Waals surface area contributed by atoms with Crippen LogP contribution in [0.5, 0.6) is 5.75 Å². The quantitative estimate of drug-likeness (QED) is 0.896. The van der Waals surface area contributed by atoms with Crippen molar-refractivity contribution in [2.45, 2.75) is 25.4 Å². The van der Waals surface area contributed by atoms with Crippen LogP contribution in [0, 0.1) is 11.2 Å². The Hall–Kier alpha value is -1.58. The average molecular weight is 334 g/mol. The summed E-state index contributed by atoms with van der Waals surface area (Å²) in [5.74, 6) is 0.420. The van der Waals surface area contributed by atoms with E-state index in [-0.39, 0.29) is 24.3 Å². The van der Waals surface area contributed by atoms with Gasteiger partial charge in [-0.25, -0.2) is 4.39 Å². The van der Waals surface area contributed by atoms with Gasteiger partial charge in [-0.3, -0.25) is 0 Å². The molecule has 0 amide bonds. The molecule has 2 aliphatic rings. The Balaban J connectivity index is 0.00000156. The maximum atomic E-state index is 14.3. The molecule has 1 heterocycles. The zero-order valence-corrected chi connectivity index (χ0v) is 13.7. The molecule has 1 saturated heterocycles. The maximum absolute atomic E-state index is 14.3. The van der Waals surface area contributed by atoms with Gasteiger partial charge in [-0.1, -0.05) is 30.3 Å². The van der Waals surface area contributed by atoms with E-state index < -0.39 is 0 Å². The number of hydrogen-bond acceptors (Lipinski definition) is 2. The summed E-state index contributed by atoms with van der Waals surface area (Å²) in [5, 5.41) is 3.42. The van der Waals surface area contributed by atoms with Crippen LogP contribution in [0.15, 0.2) is 48.5 Å². The third-order valence-electron chi connectivity index (χ3n) is 4.98. The lowest BCUT2D eigenvalue weighted by atomic mass is 9.66. The first kappa shape index (κ1) is 16.3. The fourth-order valence-corrected chi connectivity index (χ4v) is 3.75. The normalized spacial score (nSPS) is 25.7. The van der Waals surface area contributed by atoms with Crippen molar-refractivity contribution in [2.24, 2.45) is 5.41 Å². The van der Waals surface area contributed by atoms with Crippen LogP contribution in [0.1, 0.15) is 19.3 Å². The topological polar surface area (TPSA) is 21.3 Å².